The van der Waals surface area contributed by atoms with Gasteiger partial charge in [0.25, 0.3) is 0 Å². The standard InChI is InChI=1S/C14H16N4O4/c1-22-11(20)9-3-6-15-13(16-9)18-7-5-14(8-18)4-2-10(19)17-12(14)21/h3,6H,2,4-5,7-8H2,1H3,(H,17,19,21). The lowest BCUT2D eigenvalue weighted by atomic mass is 9.79. The van der Waals surface area contributed by atoms with E-state index in [2.05, 4.69) is 20.0 Å². The third-order valence-electron chi connectivity index (χ3n) is 4.24. The molecule has 1 unspecified atom stereocenters. The number of aromatic nitrogens is 2. The molecule has 2 amide bonds. The fourth-order valence-electron chi connectivity index (χ4n) is 2.94. The number of carbonyl (C=O) groups excluding carboxylic acids is 3. The number of amides is 2. The molecule has 0 aromatic carbocycles. The van der Waals surface area contributed by atoms with Crippen LogP contribution in [0.4, 0.5) is 5.95 Å². The topological polar surface area (TPSA) is 101 Å². The Bertz CT molecular complexity index is 647. The van der Waals surface area contributed by atoms with Crippen LogP contribution in [0.1, 0.15) is 29.8 Å². The number of hydrogen-bond donors (Lipinski definition) is 1. The number of imide groups is 1. The smallest absolute Gasteiger partial charge is 0.356 e. The van der Waals surface area contributed by atoms with Crippen LogP contribution in [0.3, 0.4) is 0 Å². The van der Waals surface area contributed by atoms with Crippen LogP contribution in [0.15, 0.2) is 12.3 Å². The largest absolute Gasteiger partial charge is 0.464 e. The van der Waals surface area contributed by atoms with Gasteiger partial charge in [0.15, 0.2) is 5.69 Å². The molecule has 1 atom stereocenters. The van der Waals surface area contributed by atoms with E-state index in [0.717, 1.165) is 0 Å². The summed E-state index contributed by atoms with van der Waals surface area (Å²) >= 11 is 0. The van der Waals surface area contributed by atoms with Gasteiger partial charge in [0, 0.05) is 25.7 Å². The first kappa shape index (κ1) is 14.4. The third kappa shape index (κ3) is 2.40. The molecule has 8 nitrogen and oxygen atoms in total. The quantitative estimate of drug-likeness (QED) is 0.601. The van der Waals surface area contributed by atoms with Crippen molar-refractivity contribution < 1.29 is 19.1 Å². The molecule has 2 aliphatic heterocycles. The summed E-state index contributed by atoms with van der Waals surface area (Å²) in [6.07, 6.45) is 3.01. The number of nitrogens with zero attached hydrogens (tertiary/aromatic N) is 3. The van der Waals surface area contributed by atoms with Gasteiger partial charge >= 0.3 is 5.97 Å². The molecule has 116 valence electrons. The number of ether oxygens (including phenoxy) is 1. The minimum absolute atomic E-state index is 0.178. The van der Waals surface area contributed by atoms with Crippen LogP contribution in [0.2, 0.25) is 0 Å². The van der Waals surface area contributed by atoms with Crippen molar-refractivity contribution in [2.75, 3.05) is 25.1 Å². The molecule has 1 aromatic rings. The highest BCUT2D eigenvalue weighted by molar-refractivity contribution is 6.01. The normalized spacial score (nSPS) is 24.5. The molecule has 0 radical (unpaired) electrons. The minimum Gasteiger partial charge on any atom is -0.464 e. The Labute approximate surface area is 126 Å². The lowest BCUT2D eigenvalue weighted by molar-refractivity contribution is -0.140. The zero-order chi connectivity index (χ0) is 15.7. The molecule has 2 aliphatic rings. The molecular weight excluding hydrogens is 288 g/mol. The number of rotatable bonds is 2. The Morgan fingerprint density at radius 2 is 2.23 bits per heavy atom. The predicted molar refractivity (Wildman–Crippen MR) is 75.0 cm³/mol. The van der Waals surface area contributed by atoms with Crippen molar-refractivity contribution in [3.63, 3.8) is 0 Å². The first-order chi connectivity index (χ1) is 10.5. The summed E-state index contributed by atoms with van der Waals surface area (Å²) in [5.74, 6) is -0.587. The van der Waals surface area contributed by atoms with E-state index < -0.39 is 11.4 Å². The average molecular weight is 304 g/mol. The van der Waals surface area contributed by atoms with Gasteiger partial charge in [-0.15, -0.1) is 0 Å². The van der Waals surface area contributed by atoms with Crippen molar-refractivity contribution in [3.05, 3.63) is 18.0 Å². The number of nitrogens with one attached hydrogen (secondary N) is 1. The van der Waals surface area contributed by atoms with Crippen LogP contribution in [0, 0.1) is 5.41 Å². The average Bonchev–Trinajstić information content (AvgIpc) is 2.96. The van der Waals surface area contributed by atoms with Crippen molar-refractivity contribution in [2.24, 2.45) is 5.41 Å². The lowest BCUT2D eigenvalue weighted by Gasteiger charge is -2.31. The molecule has 2 saturated heterocycles. The second-order valence-corrected chi connectivity index (χ2v) is 5.56. The summed E-state index contributed by atoms with van der Waals surface area (Å²) in [5.41, 5.74) is -0.393. The number of esters is 1. The van der Waals surface area contributed by atoms with E-state index in [0.29, 0.717) is 38.3 Å². The Balaban J connectivity index is 1.79. The van der Waals surface area contributed by atoms with Gasteiger partial charge in [0.1, 0.15) is 0 Å². The summed E-state index contributed by atoms with van der Waals surface area (Å²) in [4.78, 5) is 45.2. The van der Waals surface area contributed by atoms with E-state index in [1.807, 2.05) is 4.90 Å². The third-order valence-corrected chi connectivity index (χ3v) is 4.24. The highest BCUT2D eigenvalue weighted by Gasteiger charge is 2.48. The zero-order valence-corrected chi connectivity index (χ0v) is 12.2. The van der Waals surface area contributed by atoms with Crippen LogP contribution in [0.25, 0.3) is 0 Å². The minimum atomic E-state index is -0.571. The van der Waals surface area contributed by atoms with Crippen LogP contribution in [-0.4, -0.2) is 48.0 Å². The predicted octanol–water partition coefficient (Wildman–Crippen LogP) is -0.104. The van der Waals surface area contributed by atoms with Gasteiger partial charge in [-0.1, -0.05) is 0 Å². The maximum absolute atomic E-state index is 12.2. The number of anilines is 1. The van der Waals surface area contributed by atoms with Gasteiger partial charge in [0.2, 0.25) is 17.8 Å². The van der Waals surface area contributed by atoms with Crippen molar-refractivity contribution in [2.45, 2.75) is 19.3 Å². The monoisotopic (exact) mass is 304 g/mol. The molecule has 1 spiro atoms. The molecule has 22 heavy (non-hydrogen) atoms. The van der Waals surface area contributed by atoms with Crippen molar-refractivity contribution >= 4 is 23.7 Å². The van der Waals surface area contributed by atoms with E-state index in [-0.39, 0.29) is 17.5 Å². The molecule has 0 bridgehead atoms. The van der Waals surface area contributed by atoms with Gasteiger partial charge < -0.3 is 9.64 Å². The van der Waals surface area contributed by atoms with Gasteiger partial charge in [0.05, 0.1) is 12.5 Å². The van der Waals surface area contributed by atoms with Gasteiger partial charge in [-0.2, -0.15) is 0 Å². The Hall–Kier alpha value is -2.51. The number of carbonyl (C=O) groups is 3. The zero-order valence-electron chi connectivity index (χ0n) is 12.2. The van der Waals surface area contributed by atoms with E-state index >= 15 is 0 Å². The molecule has 1 N–H and O–H groups in total. The van der Waals surface area contributed by atoms with Gasteiger partial charge in [-0.3, -0.25) is 14.9 Å². The second-order valence-electron chi connectivity index (χ2n) is 5.56. The van der Waals surface area contributed by atoms with E-state index in [9.17, 15) is 14.4 Å². The fourth-order valence-corrected chi connectivity index (χ4v) is 2.94. The molecule has 0 aliphatic carbocycles. The van der Waals surface area contributed by atoms with Crippen LogP contribution in [0.5, 0.6) is 0 Å². The van der Waals surface area contributed by atoms with Crippen LogP contribution < -0.4 is 10.2 Å². The van der Waals surface area contributed by atoms with Crippen molar-refractivity contribution in [1.29, 1.82) is 0 Å². The van der Waals surface area contributed by atoms with E-state index in [1.165, 1.54) is 19.4 Å². The molecule has 3 rings (SSSR count). The van der Waals surface area contributed by atoms with Crippen molar-refractivity contribution in [3.8, 4) is 0 Å². The van der Waals surface area contributed by atoms with Gasteiger partial charge in [-0.05, 0) is 18.9 Å². The summed E-state index contributed by atoms with van der Waals surface area (Å²) in [7, 11) is 1.29. The van der Waals surface area contributed by atoms with Crippen LogP contribution in [-0.2, 0) is 14.3 Å². The maximum Gasteiger partial charge on any atom is 0.356 e. The summed E-state index contributed by atoms with van der Waals surface area (Å²) in [5, 5.41) is 2.40. The first-order valence-electron chi connectivity index (χ1n) is 7.05. The molecule has 2 fully saturated rings. The number of methoxy groups -OCH3 is 1. The summed E-state index contributed by atoms with van der Waals surface area (Å²) in [6.45, 7) is 1.04. The molecule has 3 heterocycles. The Morgan fingerprint density at radius 1 is 1.41 bits per heavy atom. The van der Waals surface area contributed by atoms with E-state index in [1.54, 1.807) is 0 Å². The SMILES string of the molecule is COC(=O)c1ccnc(N2CCC3(CCC(=O)NC3=O)C2)n1. The molecule has 0 saturated carbocycles. The first-order valence-corrected chi connectivity index (χ1v) is 7.05. The summed E-state index contributed by atoms with van der Waals surface area (Å²) in [6, 6.07) is 1.48. The Kier molecular flexibility index (Phi) is 3.51. The Morgan fingerprint density at radius 3 is 2.95 bits per heavy atom. The lowest BCUT2D eigenvalue weighted by Crippen LogP contribution is -2.50. The maximum atomic E-state index is 12.2. The highest BCUT2D eigenvalue weighted by Crippen LogP contribution is 2.38. The molecule has 1 aromatic heterocycles. The highest BCUT2D eigenvalue weighted by atomic mass is 16.5. The molecule has 8 heteroatoms. The summed E-state index contributed by atoms with van der Waals surface area (Å²) < 4.78 is 4.64. The fraction of sp³-hybridized carbons (Fsp3) is 0.500. The number of piperidine rings is 1. The molecular formula is C14H16N4O4. The second kappa shape index (κ2) is 5.36. The van der Waals surface area contributed by atoms with E-state index in [4.69, 9.17) is 0 Å². The van der Waals surface area contributed by atoms with Gasteiger partial charge in [-0.25, -0.2) is 14.8 Å². The number of hydrogen-bond acceptors (Lipinski definition) is 7. The van der Waals surface area contributed by atoms with Crippen LogP contribution >= 0.6 is 0 Å². The van der Waals surface area contributed by atoms with Crippen molar-refractivity contribution in [1.82, 2.24) is 15.3 Å².